The van der Waals surface area contributed by atoms with E-state index in [0.717, 1.165) is 24.8 Å². The highest BCUT2D eigenvalue weighted by molar-refractivity contribution is 5.90. The number of aryl methyl sites for hydroxylation is 1. The first-order valence-corrected chi connectivity index (χ1v) is 6.37. The van der Waals surface area contributed by atoms with Gasteiger partial charge in [0.1, 0.15) is 5.75 Å². The molecule has 0 unspecified atom stereocenters. The Morgan fingerprint density at radius 1 is 1.33 bits per heavy atom. The molecule has 0 heterocycles. The Kier molecular flexibility index (Phi) is 6.05. The number of nitrogens with one attached hydrogen (secondary N) is 2. The third kappa shape index (κ3) is 4.65. The van der Waals surface area contributed by atoms with Gasteiger partial charge in [-0.25, -0.2) is 4.79 Å². The number of hydrogen-bond acceptors (Lipinski definition) is 2. The lowest BCUT2D eigenvalue weighted by molar-refractivity contribution is 0.251. The number of amides is 2. The van der Waals surface area contributed by atoms with E-state index in [4.69, 9.17) is 4.74 Å². The molecular formula is C14H22N2O2. The first kappa shape index (κ1) is 14.4. The van der Waals surface area contributed by atoms with Crippen LogP contribution in [0.1, 0.15) is 31.7 Å². The largest absolute Gasteiger partial charge is 0.495 e. The molecule has 1 aromatic carbocycles. The van der Waals surface area contributed by atoms with Gasteiger partial charge in [-0.2, -0.15) is 0 Å². The van der Waals surface area contributed by atoms with Crippen LogP contribution in [0.2, 0.25) is 0 Å². The number of unbranched alkanes of at least 4 members (excludes halogenated alkanes) is 2. The number of urea groups is 1. The van der Waals surface area contributed by atoms with Crippen molar-refractivity contribution in [2.45, 2.75) is 33.1 Å². The Hall–Kier alpha value is -1.71. The summed E-state index contributed by atoms with van der Waals surface area (Å²) in [6.45, 7) is 4.82. The van der Waals surface area contributed by atoms with E-state index >= 15 is 0 Å². The number of ether oxygens (including phenoxy) is 1. The molecule has 0 fully saturated rings. The fraction of sp³-hybridized carbons (Fsp3) is 0.500. The van der Waals surface area contributed by atoms with E-state index in [-0.39, 0.29) is 6.03 Å². The summed E-state index contributed by atoms with van der Waals surface area (Å²) in [7, 11) is 1.60. The van der Waals surface area contributed by atoms with Crippen LogP contribution < -0.4 is 15.4 Å². The van der Waals surface area contributed by atoms with Gasteiger partial charge < -0.3 is 15.4 Å². The number of anilines is 1. The number of rotatable bonds is 6. The maximum atomic E-state index is 11.7. The SMILES string of the molecule is CCCCCNC(=O)Nc1ccc(C)cc1OC. The summed E-state index contributed by atoms with van der Waals surface area (Å²) in [5.41, 5.74) is 1.79. The fourth-order valence-electron chi connectivity index (χ4n) is 1.65. The van der Waals surface area contributed by atoms with Crippen molar-refractivity contribution in [3.8, 4) is 5.75 Å². The van der Waals surface area contributed by atoms with Gasteiger partial charge in [-0.15, -0.1) is 0 Å². The molecule has 100 valence electrons. The zero-order chi connectivity index (χ0) is 13.4. The summed E-state index contributed by atoms with van der Waals surface area (Å²) in [5, 5.41) is 5.62. The van der Waals surface area contributed by atoms with E-state index in [0.29, 0.717) is 18.0 Å². The smallest absolute Gasteiger partial charge is 0.319 e. The van der Waals surface area contributed by atoms with Crippen LogP contribution in [0.5, 0.6) is 5.75 Å². The minimum Gasteiger partial charge on any atom is -0.495 e. The fourth-order valence-corrected chi connectivity index (χ4v) is 1.65. The minimum absolute atomic E-state index is 0.187. The van der Waals surface area contributed by atoms with Crippen LogP contribution in [0.15, 0.2) is 18.2 Å². The molecule has 1 rings (SSSR count). The van der Waals surface area contributed by atoms with Crippen LogP contribution in [-0.4, -0.2) is 19.7 Å². The molecule has 4 nitrogen and oxygen atoms in total. The molecule has 0 bridgehead atoms. The molecule has 0 radical (unpaired) electrons. The summed E-state index contributed by atoms with van der Waals surface area (Å²) in [6.07, 6.45) is 3.29. The standard InChI is InChI=1S/C14H22N2O2/c1-4-5-6-9-15-14(17)16-12-8-7-11(2)10-13(12)18-3/h7-8,10H,4-6,9H2,1-3H3,(H2,15,16,17). The molecule has 0 atom stereocenters. The van der Waals surface area contributed by atoms with E-state index < -0.39 is 0 Å². The second-order valence-corrected chi connectivity index (χ2v) is 4.29. The summed E-state index contributed by atoms with van der Waals surface area (Å²) in [4.78, 5) is 11.7. The van der Waals surface area contributed by atoms with Gasteiger partial charge in [0.05, 0.1) is 12.8 Å². The van der Waals surface area contributed by atoms with Crippen molar-refractivity contribution < 1.29 is 9.53 Å². The minimum atomic E-state index is -0.187. The van der Waals surface area contributed by atoms with Gasteiger partial charge >= 0.3 is 6.03 Å². The van der Waals surface area contributed by atoms with Gasteiger partial charge in [0.15, 0.2) is 0 Å². The normalized spacial score (nSPS) is 9.94. The van der Waals surface area contributed by atoms with E-state index in [1.807, 2.05) is 25.1 Å². The second kappa shape index (κ2) is 7.58. The molecule has 0 aromatic heterocycles. The van der Waals surface area contributed by atoms with Crippen molar-refractivity contribution >= 4 is 11.7 Å². The quantitative estimate of drug-likeness (QED) is 0.761. The number of carbonyl (C=O) groups is 1. The number of hydrogen-bond donors (Lipinski definition) is 2. The first-order chi connectivity index (χ1) is 8.67. The molecule has 18 heavy (non-hydrogen) atoms. The highest BCUT2D eigenvalue weighted by Gasteiger charge is 2.06. The molecule has 2 amide bonds. The number of methoxy groups -OCH3 is 1. The van der Waals surface area contributed by atoms with Crippen molar-refractivity contribution in [1.82, 2.24) is 5.32 Å². The predicted octanol–water partition coefficient (Wildman–Crippen LogP) is 3.32. The topological polar surface area (TPSA) is 50.4 Å². The zero-order valence-electron chi connectivity index (χ0n) is 11.4. The molecule has 0 spiro atoms. The van der Waals surface area contributed by atoms with Crippen LogP contribution in [0, 0.1) is 6.92 Å². The average Bonchev–Trinajstić information content (AvgIpc) is 2.37. The average molecular weight is 250 g/mol. The van der Waals surface area contributed by atoms with Gasteiger partial charge in [0, 0.05) is 6.54 Å². The van der Waals surface area contributed by atoms with E-state index in [1.54, 1.807) is 7.11 Å². The Balaban J connectivity index is 2.48. The number of benzene rings is 1. The van der Waals surface area contributed by atoms with Gasteiger partial charge in [0.2, 0.25) is 0 Å². The highest BCUT2D eigenvalue weighted by Crippen LogP contribution is 2.24. The molecule has 0 aliphatic carbocycles. The molecule has 2 N–H and O–H groups in total. The van der Waals surface area contributed by atoms with Gasteiger partial charge in [-0.1, -0.05) is 25.8 Å². The van der Waals surface area contributed by atoms with Crippen molar-refractivity contribution in [3.63, 3.8) is 0 Å². The predicted molar refractivity (Wildman–Crippen MR) is 74.3 cm³/mol. The maximum absolute atomic E-state index is 11.7. The van der Waals surface area contributed by atoms with Crippen molar-refractivity contribution in [1.29, 1.82) is 0 Å². The summed E-state index contributed by atoms with van der Waals surface area (Å²) >= 11 is 0. The highest BCUT2D eigenvalue weighted by atomic mass is 16.5. The lowest BCUT2D eigenvalue weighted by Gasteiger charge is -2.11. The lowest BCUT2D eigenvalue weighted by Crippen LogP contribution is -2.29. The van der Waals surface area contributed by atoms with Crippen LogP contribution in [0.25, 0.3) is 0 Å². The van der Waals surface area contributed by atoms with E-state index in [2.05, 4.69) is 17.6 Å². The molecule has 4 heteroatoms. The van der Waals surface area contributed by atoms with Crippen LogP contribution in [0.4, 0.5) is 10.5 Å². The van der Waals surface area contributed by atoms with E-state index in [9.17, 15) is 4.79 Å². The molecular weight excluding hydrogens is 228 g/mol. The Labute approximate surface area is 109 Å². The molecule has 0 saturated heterocycles. The monoisotopic (exact) mass is 250 g/mol. The summed E-state index contributed by atoms with van der Waals surface area (Å²) in [5.74, 6) is 0.679. The molecule has 0 aliphatic heterocycles. The summed E-state index contributed by atoms with van der Waals surface area (Å²) in [6, 6.07) is 5.50. The summed E-state index contributed by atoms with van der Waals surface area (Å²) < 4.78 is 5.23. The van der Waals surface area contributed by atoms with Gasteiger partial charge in [0.25, 0.3) is 0 Å². The van der Waals surface area contributed by atoms with Gasteiger partial charge in [-0.05, 0) is 31.0 Å². The third-order valence-corrected chi connectivity index (χ3v) is 2.67. The van der Waals surface area contributed by atoms with Crippen molar-refractivity contribution in [3.05, 3.63) is 23.8 Å². The first-order valence-electron chi connectivity index (χ1n) is 6.37. The Morgan fingerprint density at radius 2 is 2.11 bits per heavy atom. The van der Waals surface area contributed by atoms with E-state index in [1.165, 1.54) is 0 Å². The lowest BCUT2D eigenvalue weighted by atomic mass is 10.2. The Bertz CT molecular complexity index is 391. The van der Waals surface area contributed by atoms with Crippen molar-refractivity contribution in [2.24, 2.45) is 0 Å². The third-order valence-electron chi connectivity index (χ3n) is 2.67. The molecule has 1 aromatic rings. The van der Waals surface area contributed by atoms with Crippen LogP contribution in [0.3, 0.4) is 0 Å². The maximum Gasteiger partial charge on any atom is 0.319 e. The zero-order valence-corrected chi connectivity index (χ0v) is 11.4. The van der Waals surface area contributed by atoms with Crippen LogP contribution in [-0.2, 0) is 0 Å². The van der Waals surface area contributed by atoms with Crippen LogP contribution >= 0.6 is 0 Å². The number of carbonyl (C=O) groups excluding carboxylic acids is 1. The van der Waals surface area contributed by atoms with Gasteiger partial charge in [-0.3, -0.25) is 0 Å². The Morgan fingerprint density at radius 3 is 2.78 bits per heavy atom. The molecule has 0 saturated carbocycles. The second-order valence-electron chi connectivity index (χ2n) is 4.29. The van der Waals surface area contributed by atoms with Crippen molar-refractivity contribution in [2.75, 3.05) is 19.0 Å². The molecule has 0 aliphatic rings.